The van der Waals surface area contributed by atoms with Crippen molar-refractivity contribution in [3.8, 4) is 0 Å². The number of hydrogen-bond acceptors (Lipinski definition) is 2. The molecule has 0 spiro atoms. The van der Waals surface area contributed by atoms with Gasteiger partial charge in [0.1, 0.15) is 5.82 Å². The van der Waals surface area contributed by atoms with Crippen molar-refractivity contribution in [2.24, 2.45) is 0 Å². The van der Waals surface area contributed by atoms with Crippen molar-refractivity contribution in [1.82, 2.24) is 0 Å². The third-order valence-electron chi connectivity index (χ3n) is 2.78. The van der Waals surface area contributed by atoms with E-state index in [0.717, 1.165) is 0 Å². The lowest BCUT2D eigenvalue weighted by atomic mass is 10.0. The molecular weight excluding hydrogens is 245 g/mol. The molecule has 2 aromatic rings. The molecule has 3 nitrogen and oxygen atoms in total. The van der Waals surface area contributed by atoms with Crippen molar-refractivity contribution in [3.05, 3.63) is 65.5 Å². The molecule has 2 aromatic carbocycles. The van der Waals surface area contributed by atoms with Crippen LogP contribution in [0.2, 0.25) is 0 Å². The Morgan fingerprint density at radius 2 is 1.79 bits per heavy atom. The third kappa shape index (κ3) is 2.85. The molecule has 4 heteroatoms. The fourth-order valence-corrected chi connectivity index (χ4v) is 1.71. The lowest BCUT2D eigenvalue weighted by molar-refractivity contribution is -0.107. The first-order valence-corrected chi connectivity index (χ1v) is 5.70. The Labute approximate surface area is 110 Å². The maximum Gasteiger partial charge on any atom is 0.213 e. The van der Waals surface area contributed by atoms with E-state index >= 15 is 0 Å². The van der Waals surface area contributed by atoms with Gasteiger partial charge in [0.2, 0.25) is 6.41 Å². The number of ketones is 1. The summed E-state index contributed by atoms with van der Waals surface area (Å²) in [6.45, 7) is 0. The van der Waals surface area contributed by atoms with E-state index in [9.17, 15) is 14.0 Å². The van der Waals surface area contributed by atoms with E-state index in [4.69, 9.17) is 0 Å². The van der Waals surface area contributed by atoms with Gasteiger partial charge < -0.3 is 4.90 Å². The molecule has 0 aliphatic heterocycles. The Bertz CT molecular complexity index is 608. The van der Waals surface area contributed by atoms with E-state index in [0.29, 0.717) is 23.2 Å². The zero-order valence-electron chi connectivity index (χ0n) is 10.3. The van der Waals surface area contributed by atoms with E-state index in [1.54, 1.807) is 37.4 Å². The Kier molecular flexibility index (Phi) is 3.71. The molecule has 0 atom stereocenters. The lowest BCUT2D eigenvalue weighted by Crippen LogP contribution is -2.13. The number of carbonyl (C=O) groups is 2. The van der Waals surface area contributed by atoms with Gasteiger partial charge >= 0.3 is 0 Å². The summed E-state index contributed by atoms with van der Waals surface area (Å²) in [5, 5.41) is 0. The summed E-state index contributed by atoms with van der Waals surface area (Å²) in [6.07, 6.45) is 0.684. The minimum absolute atomic E-state index is 0.250. The Morgan fingerprint density at radius 3 is 2.37 bits per heavy atom. The molecule has 0 N–H and O–H groups in total. The second-order valence-corrected chi connectivity index (χ2v) is 4.10. The summed E-state index contributed by atoms with van der Waals surface area (Å²) in [5.41, 5.74) is 1.44. The summed E-state index contributed by atoms with van der Waals surface area (Å²) in [5.74, 6) is -0.692. The zero-order valence-corrected chi connectivity index (χ0v) is 10.3. The molecule has 2 rings (SSSR count). The van der Waals surface area contributed by atoms with Crippen molar-refractivity contribution in [1.29, 1.82) is 0 Å². The van der Waals surface area contributed by atoms with Crippen LogP contribution in [0.15, 0.2) is 48.5 Å². The van der Waals surface area contributed by atoms with Gasteiger partial charge in [0.15, 0.2) is 5.78 Å². The summed E-state index contributed by atoms with van der Waals surface area (Å²) >= 11 is 0. The normalized spacial score (nSPS) is 10.0. The first kappa shape index (κ1) is 13.0. The van der Waals surface area contributed by atoms with Gasteiger partial charge in [-0.15, -0.1) is 0 Å². The van der Waals surface area contributed by atoms with E-state index < -0.39 is 5.82 Å². The van der Waals surface area contributed by atoms with Crippen molar-refractivity contribution in [2.75, 3.05) is 11.9 Å². The first-order valence-electron chi connectivity index (χ1n) is 5.70. The molecule has 0 saturated carbocycles. The highest BCUT2D eigenvalue weighted by Crippen LogP contribution is 2.16. The van der Waals surface area contributed by atoms with Gasteiger partial charge in [-0.1, -0.05) is 12.1 Å². The smallest absolute Gasteiger partial charge is 0.213 e. The Balaban J connectivity index is 2.27. The third-order valence-corrected chi connectivity index (χ3v) is 2.78. The first-order chi connectivity index (χ1) is 9.11. The van der Waals surface area contributed by atoms with Crippen LogP contribution in [0, 0.1) is 5.82 Å². The van der Waals surface area contributed by atoms with Crippen LogP contribution in [0.3, 0.4) is 0 Å². The Morgan fingerprint density at radius 1 is 1.11 bits per heavy atom. The van der Waals surface area contributed by atoms with Gasteiger partial charge in [-0.25, -0.2) is 4.39 Å². The van der Waals surface area contributed by atoms with Crippen LogP contribution in [-0.4, -0.2) is 19.2 Å². The quantitative estimate of drug-likeness (QED) is 0.623. The van der Waals surface area contributed by atoms with E-state index in [1.807, 2.05) is 0 Å². The predicted octanol–water partition coefficient (Wildman–Crippen LogP) is 2.65. The minimum Gasteiger partial charge on any atom is -0.318 e. The van der Waals surface area contributed by atoms with Crippen molar-refractivity contribution < 1.29 is 14.0 Å². The van der Waals surface area contributed by atoms with Crippen molar-refractivity contribution >= 4 is 17.9 Å². The van der Waals surface area contributed by atoms with Gasteiger partial charge in [-0.2, -0.15) is 0 Å². The molecule has 0 saturated heterocycles. The average Bonchev–Trinajstić information content (AvgIpc) is 2.46. The number of benzene rings is 2. The molecule has 96 valence electrons. The van der Waals surface area contributed by atoms with E-state index in [2.05, 4.69) is 0 Å². The predicted molar refractivity (Wildman–Crippen MR) is 70.7 cm³/mol. The molecule has 0 bridgehead atoms. The highest BCUT2D eigenvalue weighted by Gasteiger charge is 2.10. The summed E-state index contributed by atoms with van der Waals surface area (Å²) in [6, 6.07) is 12.1. The number of amides is 1. The van der Waals surface area contributed by atoms with Gasteiger partial charge in [0.25, 0.3) is 0 Å². The molecule has 0 fully saturated rings. The SMILES string of the molecule is CN(C=O)c1ccc(C(=O)c2cccc(F)c2)cc1. The monoisotopic (exact) mass is 257 g/mol. The molecule has 1 amide bonds. The van der Waals surface area contributed by atoms with Gasteiger partial charge in [-0.05, 0) is 36.4 Å². The molecular formula is C15H12FNO2. The molecule has 19 heavy (non-hydrogen) atoms. The van der Waals surface area contributed by atoms with Crippen LogP contribution in [-0.2, 0) is 4.79 Å². The summed E-state index contributed by atoms with van der Waals surface area (Å²) in [4.78, 5) is 24.1. The highest BCUT2D eigenvalue weighted by atomic mass is 19.1. The van der Waals surface area contributed by atoms with Crippen LogP contribution in [0.4, 0.5) is 10.1 Å². The lowest BCUT2D eigenvalue weighted by Gasteiger charge is -2.10. The van der Waals surface area contributed by atoms with E-state index in [1.165, 1.54) is 23.1 Å². The van der Waals surface area contributed by atoms with Crippen LogP contribution in [0.25, 0.3) is 0 Å². The number of rotatable bonds is 4. The second kappa shape index (κ2) is 5.44. The molecule has 0 aromatic heterocycles. The molecule has 0 heterocycles. The van der Waals surface area contributed by atoms with Gasteiger partial charge in [-0.3, -0.25) is 9.59 Å². The van der Waals surface area contributed by atoms with Crippen LogP contribution in [0.1, 0.15) is 15.9 Å². The molecule has 0 aliphatic rings. The number of nitrogens with zero attached hydrogens (tertiary/aromatic N) is 1. The van der Waals surface area contributed by atoms with Crippen molar-refractivity contribution in [3.63, 3.8) is 0 Å². The van der Waals surface area contributed by atoms with Gasteiger partial charge in [0, 0.05) is 23.9 Å². The molecule has 0 aliphatic carbocycles. The maximum absolute atomic E-state index is 13.1. The fraction of sp³-hybridized carbons (Fsp3) is 0.0667. The number of carbonyl (C=O) groups excluding carboxylic acids is 2. The summed E-state index contributed by atoms with van der Waals surface area (Å²) in [7, 11) is 1.62. The number of halogens is 1. The minimum atomic E-state index is -0.442. The largest absolute Gasteiger partial charge is 0.318 e. The number of hydrogen-bond donors (Lipinski definition) is 0. The number of anilines is 1. The average molecular weight is 257 g/mol. The van der Waals surface area contributed by atoms with E-state index in [-0.39, 0.29) is 5.78 Å². The van der Waals surface area contributed by atoms with Crippen LogP contribution >= 0.6 is 0 Å². The zero-order chi connectivity index (χ0) is 13.8. The highest BCUT2D eigenvalue weighted by molar-refractivity contribution is 6.09. The van der Waals surface area contributed by atoms with Crippen LogP contribution in [0.5, 0.6) is 0 Å². The standard InChI is InChI=1S/C15H12FNO2/c1-17(10-18)14-7-5-11(6-8-14)15(19)12-3-2-4-13(16)9-12/h2-10H,1H3. The van der Waals surface area contributed by atoms with Crippen molar-refractivity contribution in [2.45, 2.75) is 0 Å². The Hall–Kier alpha value is -2.49. The van der Waals surface area contributed by atoms with Crippen LogP contribution < -0.4 is 4.90 Å². The molecule has 0 radical (unpaired) electrons. The molecule has 0 unspecified atom stereocenters. The summed E-state index contributed by atoms with van der Waals surface area (Å²) < 4.78 is 13.1. The maximum atomic E-state index is 13.1. The topological polar surface area (TPSA) is 37.4 Å². The fourth-order valence-electron chi connectivity index (χ4n) is 1.71. The van der Waals surface area contributed by atoms with Gasteiger partial charge in [0.05, 0.1) is 0 Å². The second-order valence-electron chi connectivity index (χ2n) is 4.10.